The van der Waals surface area contributed by atoms with Gasteiger partial charge in [-0.15, -0.1) is 0 Å². The second-order valence-corrected chi connectivity index (χ2v) is 6.01. The summed E-state index contributed by atoms with van der Waals surface area (Å²) in [6.45, 7) is 4.97. The minimum absolute atomic E-state index is 0.348. The summed E-state index contributed by atoms with van der Waals surface area (Å²) in [5.41, 5.74) is 1.02. The van der Waals surface area contributed by atoms with E-state index < -0.39 is 17.2 Å². The third-order valence-corrected chi connectivity index (χ3v) is 3.82. The third kappa shape index (κ3) is 3.61. The lowest BCUT2D eigenvalue weighted by Gasteiger charge is -2.23. The minimum Gasteiger partial charge on any atom is -0.325 e. The number of hydrogen-bond donors (Lipinski definition) is 2. The van der Waals surface area contributed by atoms with E-state index in [-0.39, 0.29) is 0 Å². The summed E-state index contributed by atoms with van der Waals surface area (Å²) >= 11 is 0. The largest absolute Gasteiger partial charge is 0.325 e. The predicted molar refractivity (Wildman–Crippen MR) is 93.4 cm³/mol. The van der Waals surface area contributed by atoms with Gasteiger partial charge in [-0.3, -0.25) is 9.59 Å². The van der Waals surface area contributed by atoms with E-state index in [4.69, 9.17) is 5.26 Å². The molecule has 5 nitrogen and oxygen atoms in total. The average molecular weight is 321 g/mol. The number of rotatable bonds is 4. The monoisotopic (exact) mass is 321 g/mol. The van der Waals surface area contributed by atoms with Crippen molar-refractivity contribution in [3.63, 3.8) is 0 Å². The summed E-state index contributed by atoms with van der Waals surface area (Å²) in [4.78, 5) is 25.1. The van der Waals surface area contributed by atoms with E-state index in [9.17, 15) is 9.59 Å². The number of aryl methyl sites for hydroxylation is 1. The molecule has 0 aliphatic carbocycles. The van der Waals surface area contributed by atoms with Crippen molar-refractivity contribution in [3.05, 3.63) is 59.7 Å². The molecular weight excluding hydrogens is 302 g/mol. The Morgan fingerprint density at radius 3 is 2.00 bits per heavy atom. The van der Waals surface area contributed by atoms with Crippen molar-refractivity contribution in [2.75, 3.05) is 10.6 Å². The Balaban J connectivity index is 2.17. The first-order chi connectivity index (χ1) is 11.4. The number of nitriles is 1. The summed E-state index contributed by atoms with van der Waals surface area (Å²) in [5.74, 6) is -0.889. The Bertz CT molecular complexity index is 819. The maximum Gasteiger partial charge on any atom is 0.239 e. The molecule has 0 aliphatic rings. The molecule has 0 radical (unpaired) electrons. The van der Waals surface area contributed by atoms with Gasteiger partial charge in [0.15, 0.2) is 0 Å². The molecule has 0 saturated carbocycles. The summed E-state index contributed by atoms with van der Waals surface area (Å²) in [7, 11) is 0. The van der Waals surface area contributed by atoms with Crippen molar-refractivity contribution in [1.29, 1.82) is 5.26 Å². The molecule has 2 amide bonds. The fourth-order valence-corrected chi connectivity index (χ4v) is 2.06. The van der Waals surface area contributed by atoms with Gasteiger partial charge in [0.2, 0.25) is 11.8 Å². The molecule has 0 unspecified atom stereocenters. The predicted octanol–water partition coefficient (Wildman–Crippen LogP) is 3.47. The fourth-order valence-electron chi connectivity index (χ4n) is 2.06. The zero-order valence-corrected chi connectivity index (χ0v) is 13.9. The summed E-state index contributed by atoms with van der Waals surface area (Å²) in [6, 6.07) is 16.0. The summed E-state index contributed by atoms with van der Waals surface area (Å²) in [6.07, 6.45) is 0. The Labute approximate surface area is 141 Å². The molecule has 0 fully saturated rings. The van der Waals surface area contributed by atoms with Gasteiger partial charge in [0.25, 0.3) is 0 Å². The van der Waals surface area contributed by atoms with E-state index >= 15 is 0 Å². The number of anilines is 2. The highest BCUT2D eigenvalue weighted by Crippen LogP contribution is 2.24. The first-order valence-corrected chi connectivity index (χ1v) is 7.54. The van der Waals surface area contributed by atoms with Crippen LogP contribution in [0.25, 0.3) is 0 Å². The van der Waals surface area contributed by atoms with Crippen LogP contribution in [0.5, 0.6) is 0 Å². The molecule has 2 aromatic carbocycles. The molecule has 0 aromatic heterocycles. The van der Waals surface area contributed by atoms with Crippen LogP contribution in [-0.2, 0) is 9.59 Å². The summed E-state index contributed by atoms with van der Waals surface area (Å²) < 4.78 is 0. The highest BCUT2D eigenvalue weighted by Gasteiger charge is 2.36. The Hall–Kier alpha value is -3.13. The van der Waals surface area contributed by atoms with Crippen molar-refractivity contribution >= 4 is 23.2 Å². The SMILES string of the molecule is Cc1ccccc1NC(=O)C(C)(C)C(=O)Nc1ccccc1C#N. The highest BCUT2D eigenvalue weighted by atomic mass is 16.2. The highest BCUT2D eigenvalue weighted by molar-refractivity contribution is 6.14. The van der Waals surface area contributed by atoms with E-state index in [2.05, 4.69) is 10.6 Å². The topological polar surface area (TPSA) is 82.0 Å². The number of nitrogens with one attached hydrogen (secondary N) is 2. The van der Waals surface area contributed by atoms with Crippen LogP contribution in [0.15, 0.2) is 48.5 Å². The van der Waals surface area contributed by atoms with Crippen LogP contribution < -0.4 is 10.6 Å². The van der Waals surface area contributed by atoms with Crippen LogP contribution in [0.4, 0.5) is 11.4 Å². The minimum atomic E-state index is -1.30. The summed E-state index contributed by atoms with van der Waals surface area (Å²) in [5, 5.41) is 14.5. The fraction of sp³-hybridized carbons (Fsp3) is 0.211. The van der Waals surface area contributed by atoms with Crippen molar-refractivity contribution in [1.82, 2.24) is 0 Å². The van der Waals surface area contributed by atoms with E-state index in [1.807, 2.05) is 31.2 Å². The average Bonchev–Trinajstić information content (AvgIpc) is 2.57. The molecule has 2 aromatic rings. The van der Waals surface area contributed by atoms with E-state index in [0.29, 0.717) is 16.9 Å². The maximum atomic E-state index is 12.5. The number of nitrogens with zero attached hydrogens (tertiary/aromatic N) is 1. The van der Waals surface area contributed by atoms with Crippen molar-refractivity contribution < 1.29 is 9.59 Å². The molecule has 122 valence electrons. The molecule has 0 atom stereocenters. The number of amides is 2. The van der Waals surface area contributed by atoms with Crippen LogP contribution in [-0.4, -0.2) is 11.8 Å². The van der Waals surface area contributed by atoms with Crippen LogP contribution in [0.3, 0.4) is 0 Å². The normalized spacial score (nSPS) is 10.6. The maximum absolute atomic E-state index is 12.5. The van der Waals surface area contributed by atoms with Crippen molar-refractivity contribution in [2.45, 2.75) is 20.8 Å². The van der Waals surface area contributed by atoms with Gasteiger partial charge >= 0.3 is 0 Å². The lowest BCUT2D eigenvalue weighted by Crippen LogP contribution is -2.41. The van der Waals surface area contributed by atoms with Crippen molar-refractivity contribution in [2.24, 2.45) is 5.41 Å². The second-order valence-electron chi connectivity index (χ2n) is 6.01. The molecule has 0 aliphatic heterocycles. The van der Waals surface area contributed by atoms with Crippen LogP contribution in [0.1, 0.15) is 25.0 Å². The van der Waals surface area contributed by atoms with E-state index in [1.165, 1.54) is 0 Å². The Morgan fingerprint density at radius 2 is 1.42 bits per heavy atom. The van der Waals surface area contributed by atoms with E-state index in [1.54, 1.807) is 44.2 Å². The van der Waals surface area contributed by atoms with Crippen LogP contribution in [0.2, 0.25) is 0 Å². The molecular formula is C19H19N3O2. The molecule has 0 heterocycles. The van der Waals surface area contributed by atoms with Gasteiger partial charge in [-0.2, -0.15) is 5.26 Å². The quantitative estimate of drug-likeness (QED) is 0.846. The number of carbonyl (C=O) groups is 2. The standard InChI is InChI=1S/C19H19N3O2/c1-13-8-4-6-10-15(13)21-17(23)19(2,3)18(24)22-16-11-7-5-9-14(16)12-20/h4-11H,1-3H3,(H,21,23)(H,22,24). The van der Waals surface area contributed by atoms with Gasteiger partial charge < -0.3 is 10.6 Å². The number of para-hydroxylation sites is 2. The number of benzene rings is 2. The Kier molecular flexibility index (Phi) is 5.00. The third-order valence-electron chi connectivity index (χ3n) is 3.82. The first kappa shape index (κ1) is 17.2. The van der Waals surface area contributed by atoms with Gasteiger partial charge in [0, 0.05) is 5.69 Å². The number of carbonyl (C=O) groups excluding carboxylic acids is 2. The zero-order valence-electron chi connectivity index (χ0n) is 13.9. The molecule has 2 rings (SSSR count). The van der Waals surface area contributed by atoms with Crippen molar-refractivity contribution in [3.8, 4) is 6.07 Å². The molecule has 0 bridgehead atoms. The number of hydrogen-bond acceptors (Lipinski definition) is 3. The molecule has 5 heteroatoms. The van der Waals surface area contributed by atoms with Gasteiger partial charge in [-0.25, -0.2) is 0 Å². The van der Waals surface area contributed by atoms with E-state index in [0.717, 1.165) is 5.56 Å². The van der Waals surface area contributed by atoms with Gasteiger partial charge in [0.1, 0.15) is 11.5 Å². The second kappa shape index (κ2) is 6.97. The molecule has 0 spiro atoms. The van der Waals surface area contributed by atoms with Gasteiger partial charge in [-0.1, -0.05) is 30.3 Å². The lowest BCUT2D eigenvalue weighted by atomic mass is 9.90. The Morgan fingerprint density at radius 1 is 0.917 bits per heavy atom. The molecule has 0 saturated heterocycles. The molecule has 2 N–H and O–H groups in total. The zero-order chi connectivity index (χ0) is 17.7. The lowest BCUT2D eigenvalue weighted by molar-refractivity contribution is -0.135. The van der Waals surface area contributed by atoms with Crippen LogP contribution >= 0.6 is 0 Å². The van der Waals surface area contributed by atoms with Crippen LogP contribution in [0, 0.1) is 23.7 Å². The van der Waals surface area contributed by atoms with Gasteiger partial charge in [-0.05, 0) is 44.5 Å². The first-order valence-electron chi connectivity index (χ1n) is 7.54. The smallest absolute Gasteiger partial charge is 0.239 e. The van der Waals surface area contributed by atoms with Gasteiger partial charge in [0.05, 0.1) is 11.3 Å². The molecule has 24 heavy (non-hydrogen) atoms.